The molecule has 2 amide bonds. The molecule has 0 aromatic rings. The molecule has 2 aliphatic carbocycles. The van der Waals surface area contributed by atoms with Crippen molar-refractivity contribution in [1.29, 1.82) is 0 Å². The smallest absolute Gasteiger partial charge is 0.225 e. The first kappa shape index (κ1) is 11.1. The lowest BCUT2D eigenvalue weighted by Crippen LogP contribution is -2.47. The van der Waals surface area contributed by atoms with Gasteiger partial charge in [-0.15, -0.1) is 0 Å². The fraction of sp³-hybridized carbons (Fsp3) is 0.846. The van der Waals surface area contributed by atoms with Gasteiger partial charge in [0.15, 0.2) is 0 Å². The van der Waals surface area contributed by atoms with Crippen molar-refractivity contribution in [3.05, 3.63) is 0 Å². The van der Waals surface area contributed by atoms with Gasteiger partial charge in [0.1, 0.15) is 0 Å². The van der Waals surface area contributed by atoms with Crippen LogP contribution in [0.25, 0.3) is 0 Å². The Hall–Kier alpha value is -1.06. The van der Waals surface area contributed by atoms with Crippen molar-refractivity contribution in [3.63, 3.8) is 0 Å². The van der Waals surface area contributed by atoms with Crippen molar-refractivity contribution >= 4 is 11.8 Å². The van der Waals surface area contributed by atoms with Crippen molar-refractivity contribution < 1.29 is 9.59 Å². The van der Waals surface area contributed by atoms with Crippen LogP contribution < -0.4 is 10.6 Å². The Morgan fingerprint density at radius 1 is 1.18 bits per heavy atom. The molecule has 1 unspecified atom stereocenters. The summed E-state index contributed by atoms with van der Waals surface area (Å²) in [5, 5.41) is 6.01. The van der Waals surface area contributed by atoms with E-state index in [1.807, 2.05) is 0 Å². The molecule has 0 aromatic carbocycles. The standard InChI is InChI=1S/C13H20N2O2/c16-11-6-5-10(7-14-11)13(17)15-12(8-1-2-8)9-3-4-9/h8-10,12H,1-7H2,(H,14,16)(H,15,17). The highest BCUT2D eigenvalue weighted by Gasteiger charge is 2.42. The quantitative estimate of drug-likeness (QED) is 0.759. The van der Waals surface area contributed by atoms with E-state index in [9.17, 15) is 9.59 Å². The minimum absolute atomic E-state index is 0.00676. The zero-order valence-electron chi connectivity index (χ0n) is 10.1. The Morgan fingerprint density at radius 3 is 2.29 bits per heavy atom. The van der Waals surface area contributed by atoms with E-state index in [2.05, 4.69) is 10.6 Å². The first-order valence-corrected chi connectivity index (χ1v) is 6.81. The summed E-state index contributed by atoms with van der Waals surface area (Å²) >= 11 is 0. The van der Waals surface area contributed by atoms with E-state index in [4.69, 9.17) is 0 Å². The van der Waals surface area contributed by atoms with Crippen molar-refractivity contribution in [2.24, 2.45) is 17.8 Å². The van der Waals surface area contributed by atoms with E-state index in [1.54, 1.807) is 0 Å². The van der Waals surface area contributed by atoms with Crippen LogP contribution in [-0.2, 0) is 9.59 Å². The van der Waals surface area contributed by atoms with Crippen LogP contribution in [0.2, 0.25) is 0 Å². The number of carbonyl (C=O) groups excluding carboxylic acids is 2. The molecule has 0 spiro atoms. The number of piperidine rings is 1. The lowest BCUT2D eigenvalue weighted by Gasteiger charge is -2.25. The summed E-state index contributed by atoms with van der Waals surface area (Å²) in [5.74, 6) is 1.71. The van der Waals surface area contributed by atoms with Crippen molar-refractivity contribution in [3.8, 4) is 0 Å². The predicted octanol–water partition coefficient (Wildman–Crippen LogP) is 0.817. The monoisotopic (exact) mass is 236 g/mol. The minimum Gasteiger partial charge on any atom is -0.355 e. The number of amides is 2. The van der Waals surface area contributed by atoms with E-state index in [-0.39, 0.29) is 17.7 Å². The predicted molar refractivity (Wildman–Crippen MR) is 63.1 cm³/mol. The average molecular weight is 236 g/mol. The van der Waals surface area contributed by atoms with Gasteiger partial charge in [-0.3, -0.25) is 9.59 Å². The summed E-state index contributed by atoms with van der Waals surface area (Å²) in [4.78, 5) is 23.2. The summed E-state index contributed by atoms with van der Waals surface area (Å²) < 4.78 is 0. The average Bonchev–Trinajstić information content (AvgIpc) is 3.17. The highest BCUT2D eigenvalue weighted by atomic mass is 16.2. The van der Waals surface area contributed by atoms with Gasteiger partial charge in [-0.25, -0.2) is 0 Å². The fourth-order valence-electron chi connectivity index (χ4n) is 2.77. The van der Waals surface area contributed by atoms with Crippen LogP contribution in [0, 0.1) is 17.8 Å². The molecule has 1 heterocycles. The van der Waals surface area contributed by atoms with Crippen LogP contribution in [0.4, 0.5) is 0 Å². The highest BCUT2D eigenvalue weighted by molar-refractivity contribution is 5.83. The van der Waals surface area contributed by atoms with Gasteiger partial charge in [-0.05, 0) is 43.9 Å². The highest BCUT2D eigenvalue weighted by Crippen LogP contribution is 2.44. The van der Waals surface area contributed by atoms with Crippen molar-refractivity contribution in [2.75, 3.05) is 6.54 Å². The maximum Gasteiger partial charge on any atom is 0.225 e. The Morgan fingerprint density at radius 2 is 1.82 bits per heavy atom. The summed E-state index contributed by atoms with van der Waals surface area (Å²) in [5.41, 5.74) is 0. The molecule has 0 bridgehead atoms. The van der Waals surface area contributed by atoms with Gasteiger partial charge in [-0.2, -0.15) is 0 Å². The molecule has 0 radical (unpaired) electrons. The van der Waals surface area contributed by atoms with Crippen LogP contribution in [-0.4, -0.2) is 24.4 Å². The molecule has 4 heteroatoms. The maximum absolute atomic E-state index is 12.1. The lowest BCUT2D eigenvalue weighted by molar-refractivity contribution is -0.129. The first-order chi connectivity index (χ1) is 8.24. The Balaban J connectivity index is 1.53. The number of rotatable bonds is 4. The first-order valence-electron chi connectivity index (χ1n) is 6.81. The summed E-state index contributed by atoms with van der Waals surface area (Å²) in [6.07, 6.45) is 6.33. The third-order valence-corrected chi connectivity index (χ3v) is 4.20. The normalized spacial score (nSPS) is 29.0. The van der Waals surface area contributed by atoms with Gasteiger partial charge < -0.3 is 10.6 Å². The molecule has 3 aliphatic rings. The van der Waals surface area contributed by atoms with E-state index >= 15 is 0 Å². The van der Waals surface area contributed by atoms with Gasteiger partial charge in [0.2, 0.25) is 11.8 Å². The molecule has 2 saturated carbocycles. The van der Waals surface area contributed by atoms with Gasteiger partial charge in [0.05, 0.1) is 5.92 Å². The number of hydrogen-bond acceptors (Lipinski definition) is 2. The second-order valence-corrected chi connectivity index (χ2v) is 5.75. The number of carbonyl (C=O) groups is 2. The molecule has 4 nitrogen and oxygen atoms in total. The van der Waals surface area contributed by atoms with E-state index < -0.39 is 0 Å². The molecule has 0 aromatic heterocycles. The van der Waals surface area contributed by atoms with Crippen molar-refractivity contribution in [2.45, 2.75) is 44.6 Å². The second-order valence-electron chi connectivity index (χ2n) is 5.75. The van der Waals surface area contributed by atoms with Gasteiger partial charge >= 0.3 is 0 Å². The molecule has 3 fully saturated rings. The molecule has 1 aliphatic heterocycles. The second kappa shape index (κ2) is 4.31. The van der Waals surface area contributed by atoms with Crippen LogP contribution in [0.5, 0.6) is 0 Å². The zero-order chi connectivity index (χ0) is 11.8. The van der Waals surface area contributed by atoms with Crippen LogP contribution in [0.3, 0.4) is 0 Å². The van der Waals surface area contributed by atoms with Crippen LogP contribution in [0.15, 0.2) is 0 Å². The summed E-state index contributed by atoms with van der Waals surface area (Å²) in [7, 11) is 0. The Kier molecular flexibility index (Phi) is 2.81. The molecular weight excluding hydrogens is 216 g/mol. The Labute approximate surface area is 102 Å². The topological polar surface area (TPSA) is 58.2 Å². The largest absolute Gasteiger partial charge is 0.355 e. The number of nitrogens with one attached hydrogen (secondary N) is 2. The molecule has 94 valence electrons. The van der Waals surface area contributed by atoms with Crippen LogP contribution in [0.1, 0.15) is 38.5 Å². The third-order valence-electron chi connectivity index (χ3n) is 4.20. The fourth-order valence-corrected chi connectivity index (χ4v) is 2.77. The SMILES string of the molecule is O=C1CCC(C(=O)NC(C2CC2)C2CC2)CN1. The molecule has 2 N–H and O–H groups in total. The van der Waals surface area contributed by atoms with E-state index in [0.29, 0.717) is 25.4 Å². The summed E-state index contributed by atoms with van der Waals surface area (Å²) in [6, 6.07) is 0.431. The minimum atomic E-state index is -0.00676. The van der Waals surface area contributed by atoms with Gasteiger partial charge in [0, 0.05) is 19.0 Å². The van der Waals surface area contributed by atoms with Crippen molar-refractivity contribution in [1.82, 2.24) is 10.6 Å². The summed E-state index contributed by atoms with van der Waals surface area (Å²) in [6.45, 7) is 0.521. The van der Waals surface area contributed by atoms with Gasteiger partial charge in [0.25, 0.3) is 0 Å². The Bertz CT molecular complexity index is 312. The molecular formula is C13H20N2O2. The molecule has 1 atom stereocenters. The van der Waals surface area contributed by atoms with E-state index in [0.717, 1.165) is 11.8 Å². The number of hydrogen-bond donors (Lipinski definition) is 2. The molecule has 3 rings (SSSR count). The van der Waals surface area contributed by atoms with E-state index in [1.165, 1.54) is 25.7 Å². The third kappa shape index (κ3) is 2.61. The lowest BCUT2D eigenvalue weighted by atomic mass is 9.97. The molecule has 1 saturated heterocycles. The molecule has 17 heavy (non-hydrogen) atoms. The zero-order valence-corrected chi connectivity index (χ0v) is 10.1. The van der Waals surface area contributed by atoms with Gasteiger partial charge in [-0.1, -0.05) is 0 Å². The maximum atomic E-state index is 12.1. The van der Waals surface area contributed by atoms with Crippen LogP contribution >= 0.6 is 0 Å².